The molecule has 0 aliphatic heterocycles. The van der Waals surface area contributed by atoms with Crippen LogP contribution in [-0.2, 0) is 0 Å². The Bertz CT molecular complexity index is 614. The number of hydrogen-bond donors (Lipinski definition) is 0. The van der Waals surface area contributed by atoms with E-state index in [4.69, 9.17) is 9.47 Å². The summed E-state index contributed by atoms with van der Waals surface area (Å²) in [6, 6.07) is 11.9. The van der Waals surface area contributed by atoms with E-state index in [1.165, 1.54) is 0 Å². The lowest BCUT2D eigenvalue weighted by molar-refractivity contribution is 0.391. The maximum Gasteiger partial charge on any atom is 0.127 e. The van der Waals surface area contributed by atoms with E-state index < -0.39 is 0 Å². The average Bonchev–Trinajstić information content (AvgIpc) is 2.46. The molecule has 0 N–H and O–H groups in total. The predicted octanol–water partition coefficient (Wildman–Crippen LogP) is 5.71. The molecule has 1 unspecified atom stereocenters. The summed E-state index contributed by atoms with van der Waals surface area (Å²) in [7, 11) is 3.31. The third-order valence-corrected chi connectivity index (χ3v) is 5.12. The van der Waals surface area contributed by atoms with E-state index in [1.807, 2.05) is 30.3 Å². The number of methoxy groups -OCH3 is 2. The maximum atomic E-state index is 5.46. The fourth-order valence-electron chi connectivity index (χ4n) is 1.90. The van der Waals surface area contributed by atoms with Gasteiger partial charge in [0, 0.05) is 20.6 Å². The number of rotatable bonds is 4. The van der Waals surface area contributed by atoms with Crippen LogP contribution in [0.15, 0.2) is 45.3 Å². The highest BCUT2D eigenvalue weighted by Crippen LogP contribution is 2.41. The van der Waals surface area contributed by atoms with E-state index in [2.05, 4.69) is 53.9 Å². The van der Waals surface area contributed by atoms with Crippen molar-refractivity contribution in [2.45, 2.75) is 4.83 Å². The van der Waals surface area contributed by atoms with Crippen LogP contribution >= 0.6 is 47.8 Å². The fourth-order valence-corrected chi connectivity index (χ4v) is 4.26. The summed E-state index contributed by atoms with van der Waals surface area (Å²) in [5, 5.41) is 0. The molecular weight excluding hydrogens is 452 g/mol. The first-order chi connectivity index (χ1) is 9.56. The zero-order valence-electron chi connectivity index (χ0n) is 11.0. The van der Waals surface area contributed by atoms with Crippen LogP contribution in [0.25, 0.3) is 0 Å². The third kappa shape index (κ3) is 3.38. The third-order valence-electron chi connectivity index (χ3n) is 2.95. The minimum Gasteiger partial charge on any atom is -0.497 e. The SMILES string of the molecule is COc1ccc(C(Br)c2ccc(Br)cc2Br)c(OC)c1. The lowest BCUT2D eigenvalue weighted by Gasteiger charge is -2.17. The lowest BCUT2D eigenvalue weighted by atomic mass is 10.0. The zero-order valence-corrected chi connectivity index (χ0v) is 15.7. The van der Waals surface area contributed by atoms with Gasteiger partial charge in [0.2, 0.25) is 0 Å². The molecule has 0 saturated carbocycles. The van der Waals surface area contributed by atoms with Gasteiger partial charge in [0.25, 0.3) is 0 Å². The average molecular weight is 465 g/mol. The molecule has 2 aromatic carbocycles. The minimum atomic E-state index is 0.0332. The number of alkyl halides is 1. The standard InChI is InChI=1S/C15H13Br3O2/c1-19-10-4-6-12(14(8-10)20-2)15(18)11-5-3-9(16)7-13(11)17/h3-8,15H,1-2H3. The van der Waals surface area contributed by atoms with Gasteiger partial charge in [-0.05, 0) is 23.8 Å². The molecule has 0 spiro atoms. The van der Waals surface area contributed by atoms with Gasteiger partial charge in [-0.2, -0.15) is 0 Å². The first-order valence-corrected chi connectivity index (χ1v) is 8.38. The second kappa shape index (κ2) is 6.96. The number of benzene rings is 2. The largest absolute Gasteiger partial charge is 0.497 e. The molecule has 0 radical (unpaired) electrons. The quantitative estimate of drug-likeness (QED) is 0.539. The molecule has 0 heterocycles. The Balaban J connectivity index is 2.44. The molecule has 0 amide bonds. The molecule has 0 aliphatic carbocycles. The highest BCUT2D eigenvalue weighted by atomic mass is 79.9. The van der Waals surface area contributed by atoms with Crippen LogP contribution in [-0.4, -0.2) is 14.2 Å². The van der Waals surface area contributed by atoms with Crippen molar-refractivity contribution in [2.24, 2.45) is 0 Å². The van der Waals surface area contributed by atoms with Crippen LogP contribution in [0.2, 0.25) is 0 Å². The van der Waals surface area contributed by atoms with Gasteiger partial charge in [-0.3, -0.25) is 0 Å². The summed E-state index contributed by atoms with van der Waals surface area (Å²) in [6.45, 7) is 0. The lowest BCUT2D eigenvalue weighted by Crippen LogP contribution is -1.98. The molecule has 2 nitrogen and oxygen atoms in total. The summed E-state index contributed by atoms with van der Waals surface area (Å²) >= 11 is 10.8. The molecule has 0 aliphatic rings. The van der Waals surface area contributed by atoms with Gasteiger partial charge in [-0.25, -0.2) is 0 Å². The Morgan fingerprint density at radius 2 is 1.60 bits per heavy atom. The van der Waals surface area contributed by atoms with Crippen LogP contribution in [0.5, 0.6) is 11.5 Å². The van der Waals surface area contributed by atoms with Gasteiger partial charge in [-0.1, -0.05) is 59.9 Å². The van der Waals surface area contributed by atoms with Gasteiger partial charge in [0.05, 0.1) is 19.0 Å². The molecule has 0 bridgehead atoms. The van der Waals surface area contributed by atoms with Crippen molar-refractivity contribution < 1.29 is 9.47 Å². The first kappa shape index (κ1) is 15.9. The van der Waals surface area contributed by atoms with Crippen LogP contribution in [0, 0.1) is 0 Å². The van der Waals surface area contributed by atoms with E-state index in [0.29, 0.717) is 0 Å². The Kier molecular flexibility index (Phi) is 5.52. The Morgan fingerprint density at radius 3 is 2.20 bits per heavy atom. The summed E-state index contributed by atoms with van der Waals surface area (Å²) in [4.78, 5) is 0.0332. The van der Waals surface area contributed by atoms with E-state index in [9.17, 15) is 0 Å². The van der Waals surface area contributed by atoms with Gasteiger partial charge in [-0.15, -0.1) is 0 Å². The first-order valence-electron chi connectivity index (χ1n) is 5.87. The van der Waals surface area contributed by atoms with E-state index in [1.54, 1.807) is 14.2 Å². The van der Waals surface area contributed by atoms with Gasteiger partial charge in [0.1, 0.15) is 11.5 Å². The summed E-state index contributed by atoms with van der Waals surface area (Å²) in [5.41, 5.74) is 2.19. The predicted molar refractivity (Wildman–Crippen MR) is 92.2 cm³/mol. The molecule has 0 aromatic heterocycles. The number of halogens is 3. The smallest absolute Gasteiger partial charge is 0.127 e. The van der Waals surface area contributed by atoms with Crippen molar-refractivity contribution in [1.29, 1.82) is 0 Å². The van der Waals surface area contributed by atoms with Crippen LogP contribution in [0.1, 0.15) is 16.0 Å². The topological polar surface area (TPSA) is 18.5 Å². The van der Waals surface area contributed by atoms with Crippen LogP contribution < -0.4 is 9.47 Å². The van der Waals surface area contributed by atoms with Crippen molar-refractivity contribution in [2.75, 3.05) is 14.2 Å². The molecule has 1 atom stereocenters. The van der Waals surface area contributed by atoms with Crippen molar-refractivity contribution in [3.05, 3.63) is 56.5 Å². The summed E-state index contributed by atoms with van der Waals surface area (Å²) in [6.07, 6.45) is 0. The molecule has 20 heavy (non-hydrogen) atoms. The van der Waals surface area contributed by atoms with Crippen molar-refractivity contribution >= 4 is 47.8 Å². The van der Waals surface area contributed by atoms with E-state index in [-0.39, 0.29) is 4.83 Å². The fraction of sp³-hybridized carbons (Fsp3) is 0.200. The second-order valence-corrected chi connectivity index (χ2v) is 6.82. The highest BCUT2D eigenvalue weighted by Gasteiger charge is 2.18. The zero-order chi connectivity index (χ0) is 14.7. The van der Waals surface area contributed by atoms with Crippen LogP contribution in [0.3, 0.4) is 0 Å². The second-order valence-electron chi connectivity index (χ2n) is 4.14. The van der Waals surface area contributed by atoms with Crippen molar-refractivity contribution in [1.82, 2.24) is 0 Å². The molecular formula is C15H13Br3O2. The van der Waals surface area contributed by atoms with E-state index >= 15 is 0 Å². The Labute approximate surface area is 143 Å². The van der Waals surface area contributed by atoms with Crippen molar-refractivity contribution in [3.8, 4) is 11.5 Å². The molecule has 5 heteroatoms. The Morgan fingerprint density at radius 1 is 0.900 bits per heavy atom. The van der Waals surface area contributed by atoms with Crippen molar-refractivity contribution in [3.63, 3.8) is 0 Å². The molecule has 2 rings (SSSR count). The minimum absolute atomic E-state index is 0.0332. The van der Waals surface area contributed by atoms with E-state index in [0.717, 1.165) is 31.6 Å². The summed E-state index contributed by atoms with van der Waals surface area (Å²) in [5.74, 6) is 1.57. The molecule has 2 aromatic rings. The monoisotopic (exact) mass is 462 g/mol. The maximum absolute atomic E-state index is 5.46. The molecule has 0 fully saturated rings. The van der Waals surface area contributed by atoms with Gasteiger partial charge in [0.15, 0.2) is 0 Å². The number of ether oxygens (including phenoxy) is 2. The molecule has 106 valence electrons. The highest BCUT2D eigenvalue weighted by molar-refractivity contribution is 9.11. The molecule has 0 saturated heterocycles. The van der Waals surface area contributed by atoms with Gasteiger partial charge < -0.3 is 9.47 Å². The van der Waals surface area contributed by atoms with Crippen LogP contribution in [0.4, 0.5) is 0 Å². The van der Waals surface area contributed by atoms with Gasteiger partial charge >= 0.3 is 0 Å². The number of hydrogen-bond acceptors (Lipinski definition) is 2. The normalized spacial score (nSPS) is 12.1. The summed E-state index contributed by atoms with van der Waals surface area (Å²) < 4.78 is 12.8. The Hall–Kier alpha value is -0.520.